The SMILES string of the molecule is CN(C1CCSC1)S(=O)(=O)CCOc1ccccc1N. The third-order valence-electron chi connectivity index (χ3n) is 3.38. The lowest BCUT2D eigenvalue weighted by molar-refractivity contribution is 0.333. The molecule has 2 N–H and O–H groups in total. The second kappa shape index (κ2) is 6.69. The first-order chi connectivity index (χ1) is 9.50. The molecule has 1 unspecified atom stereocenters. The molecule has 1 aliphatic rings. The van der Waals surface area contributed by atoms with Crippen LogP contribution in [0.15, 0.2) is 24.3 Å². The summed E-state index contributed by atoms with van der Waals surface area (Å²) in [4.78, 5) is 0. The molecular formula is C13H20N2O3S2. The molecule has 1 saturated heterocycles. The van der Waals surface area contributed by atoms with Crippen molar-refractivity contribution in [3.63, 3.8) is 0 Å². The van der Waals surface area contributed by atoms with Crippen molar-refractivity contribution < 1.29 is 13.2 Å². The number of nitrogens with two attached hydrogens (primary N) is 1. The maximum Gasteiger partial charge on any atom is 0.217 e. The van der Waals surface area contributed by atoms with Crippen LogP contribution in [0, 0.1) is 0 Å². The molecule has 112 valence electrons. The third-order valence-corrected chi connectivity index (χ3v) is 6.38. The van der Waals surface area contributed by atoms with Crippen LogP contribution in [0.25, 0.3) is 0 Å². The van der Waals surface area contributed by atoms with E-state index in [1.165, 1.54) is 4.31 Å². The van der Waals surface area contributed by atoms with Gasteiger partial charge in [-0.3, -0.25) is 0 Å². The van der Waals surface area contributed by atoms with Crippen LogP contribution in [0.4, 0.5) is 5.69 Å². The van der Waals surface area contributed by atoms with E-state index in [9.17, 15) is 8.42 Å². The van der Waals surface area contributed by atoms with Gasteiger partial charge in [-0.15, -0.1) is 0 Å². The highest BCUT2D eigenvalue weighted by atomic mass is 32.2. The number of nitrogen functional groups attached to an aromatic ring is 1. The lowest BCUT2D eigenvalue weighted by Gasteiger charge is -2.23. The molecule has 0 aromatic heterocycles. The van der Waals surface area contributed by atoms with Gasteiger partial charge in [0.15, 0.2) is 0 Å². The van der Waals surface area contributed by atoms with Gasteiger partial charge in [0.2, 0.25) is 10.0 Å². The van der Waals surface area contributed by atoms with E-state index in [-0.39, 0.29) is 18.4 Å². The summed E-state index contributed by atoms with van der Waals surface area (Å²) in [6, 6.07) is 7.20. The van der Waals surface area contributed by atoms with Crippen molar-refractivity contribution in [2.75, 3.05) is 36.6 Å². The van der Waals surface area contributed by atoms with Gasteiger partial charge in [0.25, 0.3) is 0 Å². The summed E-state index contributed by atoms with van der Waals surface area (Å²) >= 11 is 1.80. The Morgan fingerprint density at radius 1 is 1.45 bits per heavy atom. The molecule has 0 amide bonds. The van der Waals surface area contributed by atoms with Crippen molar-refractivity contribution in [3.8, 4) is 5.75 Å². The molecule has 5 nitrogen and oxygen atoms in total. The molecule has 1 heterocycles. The summed E-state index contributed by atoms with van der Waals surface area (Å²) in [5, 5.41) is 0. The van der Waals surface area contributed by atoms with E-state index >= 15 is 0 Å². The number of nitrogens with zero attached hydrogens (tertiary/aromatic N) is 1. The van der Waals surface area contributed by atoms with E-state index in [1.54, 1.807) is 30.9 Å². The fraction of sp³-hybridized carbons (Fsp3) is 0.538. The number of thioether (sulfide) groups is 1. The van der Waals surface area contributed by atoms with Gasteiger partial charge < -0.3 is 10.5 Å². The number of para-hydroxylation sites is 2. The molecule has 0 bridgehead atoms. The third kappa shape index (κ3) is 3.80. The summed E-state index contributed by atoms with van der Waals surface area (Å²) in [5.74, 6) is 2.41. The smallest absolute Gasteiger partial charge is 0.217 e. The van der Waals surface area contributed by atoms with Gasteiger partial charge in [0.1, 0.15) is 12.4 Å². The van der Waals surface area contributed by atoms with Crippen molar-refractivity contribution >= 4 is 27.5 Å². The number of benzene rings is 1. The predicted octanol–water partition coefficient (Wildman–Crippen LogP) is 1.41. The first-order valence-corrected chi connectivity index (χ1v) is 9.28. The Morgan fingerprint density at radius 2 is 2.20 bits per heavy atom. The van der Waals surface area contributed by atoms with Gasteiger partial charge >= 0.3 is 0 Å². The van der Waals surface area contributed by atoms with E-state index in [2.05, 4.69) is 0 Å². The minimum atomic E-state index is -3.27. The molecule has 7 heteroatoms. The Kier molecular flexibility index (Phi) is 5.17. The number of anilines is 1. The molecule has 2 rings (SSSR count). The molecule has 0 saturated carbocycles. The first-order valence-electron chi connectivity index (χ1n) is 6.51. The average Bonchev–Trinajstić information content (AvgIpc) is 2.94. The highest BCUT2D eigenvalue weighted by Gasteiger charge is 2.28. The van der Waals surface area contributed by atoms with Crippen LogP contribution in [0.1, 0.15) is 6.42 Å². The maximum absolute atomic E-state index is 12.2. The molecule has 1 aliphatic heterocycles. The van der Waals surface area contributed by atoms with E-state index in [4.69, 9.17) is 10.5 Å². The van der Waals surface area contributed by atoms with Crippen LogP contribution in [-0.4, -0.2) is 49.7 Å². The minimum Gasteiger partial charge on any atom is -0.490 e. The number of sulfonamides is 1. The molecule has 1 fully saturated rings. The lowest BCUT2D eigenvalue weighted by Crippen LogP contribution is -2.39. The average molecular weight is 316 g/mol. The number of ether oxygens (including phenoxy) is 1. The molecule has 1 aromatic carbocycles. The Labute approximate surface area is 124 Å². The quantitative estimate of drug-likeness (QED) is 0.804. The normalized spacial score (nSPS) is 19.4. The molecule has 0 aliphatic carbocycles. The fourth-order valence-electron chi connectivity index (χ4n) is 2.05. The van der Waals surface area contributed by atoms with Crippen LogP contribution in [0.2, 0.25) is 0 Å². The molecular weight excluding hydrogens is 296 g/mol. The molecule has 0 spiro atoms. The first kappa shape index (κ1) is 15.5. The maximum atomic E-state index is 12.2. The largest absolute Gasteiger partial charge is 0.490 e. The lowest BCUT2D eigenvalue weighted by atomic mass is 10.3. The van der Waals surface area contributed by atoms with Gasteiger partial charge in [0, 0.05) is 18.8 Å². The highest BCUT2D eigenvalue weighted by Crippen LogP contribution is 2.24. The van der Waals surface area contributed by atoms with Crippen LogP contribution in [-0.2, 0) is 10.0 Å². The summed E-state index contributed by atoms with van der Waals surface area (Å²) in [7, 11) is -1.62. The van der Waals surface area contributed by atoms with Crippen LogP contribution >= 0.6 is 11.8 Å². The standard InChI is InChI=1S/C13H20N2O3S2/c1-15(11-6-8-19-10-11)20(16,17)9-7-18-13-5-3-2-4-12(13)14/h2-5,11H,6-10,14H2,1H3. The van der Waals surface area contributed by atoms with Crippen molar-refractivity contribution in [2.24, 2.45) is 0 Å². The molecule has 1 aromatic rings. The van der Waals surface area contributed by atoms with Crippen molar-refractivity contribution in [1.82, 2.24) is 4.31 Å². The van der Waals surface area contributed by atoms with Gasteiger partial charge in [-0.25, -0.2) is 12.7 Å². The summed E-state index contributed by atoms with van der Waals surface area (Å²) < 4.78 is 31.3. The van der Waals surface area contributed by atoms with Gasteiger partial charge in [-0.2, -0.15) is 11.8 Å². The molecule has 20 heavy (non-hydrogen) atoms. The second-order valence-corrected chi connectivity index (χ2v) is 8.03. The van der Waals surface area contributed by atoms with Gasteiger partial charge in [0.05, 0.1) is 11.4 Å². The van der Waals surface area contributed by atoms with Crippen molar-refractivity contribution in [2.45, 2.75) is 12.5 Å². The van der Waals surface area contributed by atoms with E-state index in [0.717, 1.165) is 17.9 Å². The zero-order valence-corrected chi connectivity index (χ0v) is 13.1. The zero-order chi connectivity index (χ0) is 14.6. The Hall–Kier alpha value is -0.920. The Balaban J connectivity index is 1.87. The Bertz CT molecular complexity index is 542. The van der Waals surface area contributed by atoms with Crippen LogP contribution in [0.5, 0.6) is 5.75 Å². The summed E-state index contributed by atoms with van der Waals surface area (Å²) in [6.07, 6.45) is 0.923. The number of hydrogen-bond acceptors (Lipinski definition) is 5. The van der Waals surface area contributed by atoms with Crippen LogP contribution < -0.4 is 10.5 Å². The monoisotopic (exact) mass is 316 g/mol. The highest BCUT2D eigenvalue weighted by molar-refractivity contribution is 7.99. The number of rotatable bonds is 6. The summed E-state index contributed by atoms with van der Waals surface area (Å²) in [5.41, 5.74) is 6.26. The number of hydrogen-bond donors (Lipinski definition) is 1. The zero-order valence-electron chi connectivity index (χ0n) is 11.5. The van der Waals surface area contributed by atoms with Crippen LogP contribution in [0.3, 0.4) is 0 Å². The topological polar surface area (TPSA) is 72.6 Å². The Morgan fingerprint density at radius 3 is 2.85 bits per heavy atom. The molecule has 0 radical (unpaired) electrons. The van der Waals surface area contributed by atoms with Gasteiger partial charge in [-0.05, 0) is 24.3 Å². The van der Waals surface area contributed by atoms with E-state index < -0.39 is 10.0 Å². The summed E-state index contributed by atoms with van der Waals surface area (Å²) in [6.45, 7) is 0.112. The second-order valence-electron chi connectivity index (χ2n) is 4.74. The van der Waals surface area contributed by atoms with E-state index in [0.29, 0.717) is 11.4 Å². The van der Waals surface area contributed by atoms with Crippen molar-refractivity contribution in [1.29, 1.82) is 0 Å². The minimum absolute atomic E-state index is 0.0288. The van der Waals surface area contributed by atoms with Gasteiger partial charge in [-0.1, -0.05) is 12.1 Å². The molecule has 1 atom stereocenters. The van der Waals surface area contributed by atoms with Crippen molar-refractivity contribution in [3.05, 3.63) is 24.3 Å². The predicted molar refractivity (Wildman–Crippen MR) is 83.6 cm³/mol. The fourth-order valence-corrected chi connectivity index (χ4v) is 4.63. The van der Waals surface area contributed by atoms with E-state index in [1.807, 2.05) is 12.1 Å².